The third-order valence-corrected chi connectivity index (χ3v) is 4.64. The second-order valence-electron chi connectivity index (χ2n) is 5.87. The van der Waals surface area contributed by atoms with E-state index in [1.807, 2.05) is 6.07 Å². The van der Waals surface area contributed by atoms with Crippen molar-refractivity contribution in [2.45, 2.75) is 52.1 Å². The van der Waals surface area contributed by atoms with Gasteiger partial charge in [-0.15, -0.1) is 0 Å². The fourth-order valence-corrected chi connectivity index (χ4v) is 3.46. The number of aryl methyl sites for hydroxylation is 2. The van der Waals surface area contributed by atoms with Gasteiger partial charge in [-0.05, 0) is 38.3 Å². The first-order valence-electron chi connectivity index (χ1n) is 6.89. The Morgan fingerprint density at radius 2 is 1.94 bits per heavy atom. The van der Waals surface area contributed by atoms with Crippen LogP contribution in [0.15, 0.2) is 18.2 Å². The third-order valence-electron chi connectivity index (χ3n) is 4.64. The molecule has 0 saturated heterocycles. The monoisotopic (exact) mass is 244 g/mol. The number of carbonyl (C=O) groups is 1. The minimum absolute atomic E-state index is 0.119. The normalized spacial score (nSPS) is 25.2. The number of hydrogen-bond donors (Lipinski definition) is 0. The average Bonchev–Trinajstić information content (AvgIpc) is 2.83. The molecule has 1 aromatic carbocycles. The summed E-state index contributed by atoms with van der Waals surface area (Å²) >= 11 is 0. The van der Waals surface area contributed by atoms with E-state index < -0.39 is 0 Å². The van der Waals surface area contributed by atoms with E-state index in [9.17, 15) is 4.79 Å². The molecule has 2 nitrogen and oxygen atoms in total. The maximum atomic E-state index is 11.9. The zero-order chi connectivity index (χ0) is 12.8. The Balaban J connectivity index is 1.79. The predicted octanol–water partition coefficient (Wildman–Crippen LogP) is 3.58. The second kappa shape index (κ2) is 4.11. The highest BCUT2D eigenvalue weighted by atomic mass is 16.5. The van der Waals surface area contributed by atoms with E-state index in [2.05, 4.69) is 26.0 Å². The van der Waals surface area contributed by atoms with Gasteiger partial charge in [-0.2, -0.15) is 0 Å². The molecule has 2 aliphatic carbocycles. The fourth-order valence-electron chi connectivity index (χ4n) is 3.46. The van der Waals surface area contributed by atoms with Crippen molar-refractivity contribution in [1.29, 1.82) is 0 Å². The summed E-state index contributed by atoms with van der Waals surface area (Å²) in [5.74, 6) is 1.37. The molecule has 0 N–H and O–H groups in total. The maximum absolute atomic E-state index is 11.9. The molecule has 2 fully saturated rings. The SMILES string of the molecule is Cc1ccc(OC2CC(=O)C23CCCC3)c(C)c1. The van der Waals surface area contributed by atoms with Gasteiger partial charge in [-0.1, -0.05) is 30.5 Å². The second-order valence-corrected chi connectivity index (χ2v) is 5.87. The molecule has 2 saturated carbocycles. The first-order chi connectivity index (χ1) is 8.62. The lowest BCUT2D eigenvalue weighted by atomic mass is 9.63. The maximum Gasteiger partial charge on any atom is 0.146 e. The lowest BCUT2D eigenvalue weighted by molar-refractivity contribution is -0.151. The van der Waals surface area contributed by atoms with Crippen LogP contribution in [0.25, 0.3) is 0 Å². The van der Waals surface area contributed by atoms with E-state index >= 15 is 0 Å². The molecule has 0 aliphatic heterocycles. The summed E-state index contributed by atoms with van der Waals surface area (Å²) in [5, 5.41) is 0. The number of hydrogen-bond acceptors (Lipinski definition) is 2. The van der Waals surface area contributed by atoms with Gasteiger partial charge in [0, 0.05) is 6.42 Å². The number of carbonyl (C=O) groups excluding carboxylic acids is 1. The third kappa shape index (κ3) is 1.66. The number of ketones is 1. The first-order valence-corrected chi connectivity index (χ1v) is 6.89. The van der Waals surface area contributed by atoms with Gasteiger partial charge >= 0.3 is 0 Å². The van der Waals surface area contributed by atoms with Crippen molar-refractivity contribution in [2.75, 3.05) is 0 Å². The van der Waals surface area contributed by atoms with E-state index in [-0.39, 0.29) is 11.5 Å². The topological polar surface area (TPSA) is 26.3 Å². The van der Waals surface area contributed by atoms with E-state index in [0.29, 0.717) is 12.2 Å². The van der Waals surface area contributed by atoms with Crippen LogP contribution in [0.1, 0.15) is 43.2 Å². The molecule has 0 heterocycles. The molecule has 1 unspecified atom stereocenters. The summed E-state index contributed by atoms with van der Waals surface area (Å²) in [7, 11) is 0. The van der Waals surface area contributed by atoms with Crippen LogP contribution in [-0.2, 0) is 4.79 Å². The molecule has 0 aromatic heterocycles. The van der Waals surface area contributed by atoms with Gasteiger partial charge in [0.05, 0.1) is 5.41 Å². The van der Waals surface area contributed by atoms with Gasteiger partial charge in [0.15, 0.2) is 0 Å². The van der Waals surface area contributed by atoms with Crippen molar-refractivity contribution in [3.63, 3.8) is 0 Å². The lowest BCUT2D eigenvalue weighted by Gasteiger charge is -2.45. The van der Waals surface area contributed by atoms with Crippen LogP contribution in [0.4, 0.5) is 0 Å². The van der Waals surface area contributed by atoms with Gasteiger partial charge in [-0.3, -0.25) is 4.79 Å². The van der Waals surface area contributed by atoms with Crippen molar-refractivity contribution in [2.24, 2.45) is 5.41 Å². The first kappa shape index (κ1) is 11.8. The van der Waals surface area contributed by atoms with Crippen LogP contribution in [0, 0.1) is 19.3 Å². The molecule has 2 aliphatic rings. The van der Waals surface area contributed by atoms with Crippen molar-refractivity contribution in [1.82, 2.24) is 0 Å². The van der Waals surface area contributed by atoms with Crippen LogP contribution < -0.4 is 4.74 Å². The number of ether oxygens (including phenoxy) is 1. The molecule has 1 aromatic rings. The van der Waals surface area contributed by atoms with Gasteiger partial charge < -0.3 is 4.74 Å². The van der Waals surface area contributed by atoms with Crippen LogP contribution >= 0.6 is 0 Å². The van der Waals surface area contributed by atoms with Crippen LogP contribution in [0.2, 0.25) is 0 Å². The molecule has 2 heteroatoms. The molecule has 1 spiro atoms. The standard InChI is InChI=1S/C16H20O2/c1-11-5-6-13(12(2)9-11)18-15-10-14(17)16(15)7-3-4-8-16/h5-6,9,15H,3-4,7-8,10H2,1-2H3. The van der Waals surface area contributed by atoms with Crippen LogP contribution in [-0.4, -0.2) is 11.9 Å². The molecule has 0 amide bonds. The summed E-state index contributed by atoms with van der Waals surface area (Å²) < 4.78 is 6.12. The van der Waals surface area contributed by atoms with Crippen molar-refractivity contribution < 1.29 is 9.53 Å². The summed E-state index contributed by atoms with van der Waals surface area (Å²) in [6.07, 6.45) is 5.14. The predicted molar refractivity (Wildman–Crippen MR) is 70.9 cm³/mol. The molecule has 96 valence electrons. The summed E-state index contributed by atoms with van der Waals surface area (Å²) in [5.41, 5.74) is 2.29. The van der Waals surface area contributed by atoms with E-state index in [1.54, 1.807) is 0 Å². The largest absolute Gasteiger partial charge is 0.489 e. The fraction of sp³-hybridized carbons (Fsp3) is 0.562. The molecular weight excluding hydrogens is 224 g/mol. The molecule has 3 rings (SSSR count). The Morgan fingerprint density at radius 3 is 2.56 bits per heavy atom. The summed E-state index contributed by atoms with van der Waals surface area (Å²) in [4.78, 5) is 11.9. The number of Topliss-reactive ketones (excluding diaryl/α,β-unsaturated/α-hetero) is 1. The Kier molecular flexibility index (Phi) is 2.69. The quantitative estimate of drug-likeness (QED) is 0.794. The zero-order valence-corrected chi connectivity index (χ0v) is 11.2. The summed E-state index contributed by atoms with van der Waals surface area (Å²) in [6.45, 7) is 4.16. The average molecular weight is 244 g/mol. The Hall–Kier alpha value is -1.31. The van der Waals surface area contributed by atoms with E-state index in [0.717, 1.165) is 18.6 Å². The van der Waals surface area contributed by atoms with Gasteiger partial charge in [0.2, 0.25) is 0 Å². The Morgan fingerprint density at radius 1 is 1.22 bits per heavy atom. The van der Waals surface area contributed by atoms with Crippen LogP contribution in [0.5, 0.6) is 5.75 Å². The highest BCUT2D eigenvalue weighted by Gasteiger charge is 2.57. The Labute approximate surface area is 108 Å². The van der Waals surface area contributed by atoms with Crippen molar-refractivity contribution in [3.05, 3.63) is 29.3 Å². The molecule has 0 radical (unpaired) electrons. The lowest BCUT2D eigenvalue weighted by Crippen LogP contribution is -2.55. The zero-order valence-electron chi connectivity index (χ0n) is 11.2. The highest BCUT2D eigenvalue weighted by molar-refractivity contribution is 5.92. The van der Waals surface area contributed by atoms with E-state index in [4.69, 9.17) is 4.74 Å². The molecule has 18 heavy (non-hydrogen) atoms. The minimum Gasteiger partial charge on any atom is -0.489 e. The highest BCUT2D eigenvalue weighted by Crippen LogP contribution is 2.52. The molecule has 0 bridgehead atoms. The molecule has 1 atom stereocenters. The van der Waals surface area contributed by atoms with Gasteiger partial charge in [0.1, 0.15) is 17.6 Å². The number of benzene rings is 1. The van der Waals surface area contributed by atoms with Crippen molar-refractivity contribution in [3.8, 4) is 5.75 Å². The smallest absolute Gasteiger partial charge is 0.146 e. The Bertz CT molecular complexity index is 484. The van der Waals surface area contributed by atoms with Gasteiger partial charge in [-0.25, -0.2) is 0 Å². The van der Waals surface area contributed by atoms with Crippen LogP contribution in [0.3, 0.4) is 0 Å². The van der Waals surface area contributed by atoms with Gasteiger partial charge in [0.25, 0.3) is 0 Å². The van der Waals surface area contributed by atoms with Crippen molar-refractivity contribution >= 4 is 5.78 Å². The summed E-state index contributed by atoms with van der Waals surface area (Å²) in [6, 6.07) is 6.25. The minimum atomic E-state index is -0.128. The number of rotatable bonds is 2. The van der Waals surface area contributed by atoms with E-state index in [1.165, 1.54) is 24.0 Å². The molecular formula is C16H20O2.